The average molecular weight is 608 g/mol. The molecule has 0 atom stereocenters. The van der Waals surface area contributed by atoms with Crippen molar-refractivity contribution in [3.8, 4) is 11.1 Å². The van der Waals surface area contributed by atoms with Crippen molar-refractivity contribution < 1.29 is 4.42 Å². The highest BCUT2D eigenvalue weighted by Gasteiger charge is 2.35. The minimum absolute atomic E-state index is 0.0355. The van der Waals surface area contributed by atoms with Gasteiger partial charge in [0.25, 0.3) is 0 Å². The van der Waals surface area contributed by atoms with Crippen LogP contribution < -0.4 is 4.90 Å². The number of furan rings is 1. The smallest absolute Gasteiger partial charge is 0.143 e. The van der Waals surface area contributed by atoms with Crippen LogP contribution in [0.3, 0.4) is 0 Å². The molecule has 2 nitrogen and oxygen atoms in total. The van der Waals surface area contributed by atoms with Gasteiger partial charge in [-0.2, -0.15) is 0 Å². The molecule has 0 unspecified atom stereocenters. The molecule has 2 aromatic heterocycles. The third kappa shape index (κ3) is 3.58. The van der Waals surface area contributed by atoms with Gasteiger partial charge in [-0.25, -0.2) is 0 Å². The molecule has 1 aliphatic rings. The first-order valence-electron chi connectivity index (χ1n) is 15.8. The predicted octanol–water partition coefficient (Wildman–Crippen LogP) is 12.9. The number of hydrogen-bond acceptors (Lipinski definition) is 3. The van der Waals surface area contributed by atoms with Gasteiger partial charge in [-0.15, -0.1) is 11.3 Å². The first-order valence-corrected chi connectivity index (χ1v) is 16.7. The maximum Gasteiger partial charge on any atom is 0.143 e. The van der Waals surface area contributed by atoms with Crippen LogP contribution in [0.4, 0.5) is 17.1 Å². The van der Waals surface area contributed by atoms with Gasteiger partial charge in [0.1, 0.15) is 11.2 Å². The number of nitrogens with zero attached hydrogens (tertiary/aromatic N) is 1. The van der Waals surface area contributed by atoms with Gasteiger partial charge in [-0.05, 0) is 88.3 Å². The van der Waals surface area contributed by atoms with Crippen LogP contribution in [0, 0.1) is 0 Å². The first kappa shape index (κ1) is 25.9. The summed E-state index contributed by atoms with van der Waals surface area (Å²) in [5.41, 5.74) is 10.7. The lowest BCUT2D eigenvalue weighted by atomic mass is 9.82. The molecular weight excluding hydrogens is 579 g/mol. The zero-order valence-corrected chi connectivity index (χ0v) is 26.4. The van der Waals surface area contributed by atoms with Crippen molar-refractivity contribution in [1.29, 1.82) is 0 Å². The van der Waals surface area contributed by atoms with E-state index in [0.717, 1.165) is 49.8 Å². The van der Waals surface area contributed by atoms with Crippen molar-refractivity contribution in [3.63, 3.8) is 0 Å². The lowest BCUT2D eigenvalue weighted by Gasteiger charge is -2.27. The molecule has 1 aliphatic carbocycles. The number of fused-ring (bicyclic) bond motifs is 11. The molecule has 0 N–H and O–H groups in total. The molecule has 2 heterocycles. The number of thiophene rings is 1. The lowest BCUT2D eigenvalue weighted by molar-refractivity contribution is 0.660. The van der Waals surface area contributed by atoms with Gasteiger partial charge >= 0.3 is 0 Å². The van der Waals surface area contributed by atoms with Gasteiger partial charge in [-0.3, -0.25) is 0 Å². The van der Waals surface area contributed by atoms with E-state index in [1.807, 2.05) is 17.4 Å². The van der Waals surface area contributed by atoms with Crippen molar-refractivity contribution in [2.24, 2.45) is 0 Å². The molecule has 0 bridgehead atoms. The Bertz CT molecular complexity index is 2690. The second-order valence-corrected chi connectivity index (χ2v) is 14.0. The van der Waals surface area contributed by atoms with Crippen LogP contribution in [0.15, 0.2) is 144 Å². The fourth-order valence-corrected chi connectivity index (χ4v) is 8.93. The highest BCUT2D eigenvalue weighted by Crippen LogP contribution is 2.51. The Morgan fingerprint density at radius 1 is 0.500 bits per heavy atom. The molecule has 0 radical (unpaired) electrons. The summed E-state index contributed by atoms with van der Waals surface area (Å²) in [5, 5.41) is 7.22. The summed E-state index contributed by atoms with van der Waals surface area (Å²) in [4.78, 5) is 2.42. The van der Waals surface area contributed by atoms with Crippen molar-refractivity contribution in [1.82, 2.24) is 0 Å². The monoisotopic (exact) mass is 607 g/mol. The number of hydrogen-bond donors (Lipinski definition) is 0. The normalized spacial score (nSPS) is 13.6. The molecule has 0 fully saturated rings. The first-order chi connectivity index (χ1) is 22.5. The molecular formula is C43H29NOS. The van der Waals surface area contributed by atoms with Crippen LogP contribution in [0.5, 0.6) is 0 Å². The Labute approximate surface area is 270 Å². The highest BCUT2D eigenvalue weighted by atomic mass is 32.1. The van der Waals surface area contributed by atoms with Gasteiger partial charge in [0.05, 0.1) is 0 Å². The summed E-state index contributed by atoms with van der Waals surface area (Å²) in [6.45, 7) is 4.68. The van der Waals surface area contributed by atoms with Crippen LogP contribution in [0.1, 0.15) is 25.0 Å². The second-order valence-electron chi connectivity index (χ2n) is 13.0. The van der Waals surface area contributed by atoms with E-state index in [2.05, 4.69) is 152 Å². The summed E-state index contributed by atoms with van der Waals surface area (Å²) in [6.07, 6.45) is 0. The molecule has 218 valence electrons. The molecule has 10 rings (SSSR count). The summed E-state index contributed by atoms with van der Waals surface area (Å²) in [5.74, 6) is 0. The summed E-state index contributed by atoms with van der Waals surface area (Å²) < 4.78 is 9.01. The van der Waals surface area contributed by atoms with Crippen LogP contribution in [0.2, 0.25) is 0 Å². The third-order valence-corrected chi connectivity index (χ3v) is 11.2. The highest BCUT2D eigenvalue weighted by molar-refractivity contribution is 7.25. The van der Waals surface area contributed by atoms with Crippen LogP contribution >= 0.6 is 11.3 Å². The fourth-order valence-electron chi connectivity index (χ4n) is 7.79. The molecule has 0 aliphatic heterocycles. The van der Waals surface area contributed by atoms with Gasteiger partial charge < -0.3 is 9.32 Å². The van der Waals surface area contributed by atoms with Crippen LogP contribution in [-0.4, -0.2) is 0 Å². The Morgan fingerprint density at radius 3 is 2.07 bits per heavy atom. The zero-order valence-electron chi connectivity index (χ0n) is 25.5. The van der Waals surface area contributed by atoms with E-state index >= 15 is 0 Å². The zero-order chi connectivity index (χ0) is 30.6. The molecule has 0 saturated heterocycles. The van der Waals surface area contributed by atoms with E-state index in [-0.39, 0.29) is 5.41 Å². The molecule has 0 amide bonds. The predicted molar refractivity (Wildman–Crippen MR) is 196 cm³/mol. The minimum Gasteiger partial charge on any atom is -0.455 e. The standard InChI is InChI=1S/C43H29NOS/c1-43(2)37-12-6-3-9-31(37)36-24-28(18-22-38(36)43)44(29-17-21-34-33-11-5-8-14-40(33)46-41(34)25-29)27-16-20-30-26(23-27)15-19-35-32-10-4-7-13-39(32)45-42(30)35/h3-25H,1-2H3. The number of anilines is 3. The Morgan fingerprint density at radius 2 is 1.15 bits per heavy atom. The van der Waals surface area contributed by atoms with E-state index in [0.29, 0.717) is 0 Å². The van der Waals surface area contributed by atoms with Crippen molar-refractivity contribution in [2.45, 2.75) is 19.3 Å². The third-order valence-electron chi connectivity index (χ3n) is 10.0. The molecule has 7 aromatic carbocycles. The quantitative estimate of drug-likeness (QED) is 0.199. The fraction of sp³-hybridized carbons (Fsp3) is 0.0698. The van der Waals surface area contributed by atoms with Crippen LogP contribution in [0.25, 0.3) is 64.0 Å². The Balaban J connectivity index is 1.20. The maximum absolute atomic E-state index is 6.40. The molecule has 3 heteroatoms. The second kappa shape index (κ2) is 9.32. The average Bonchev–Trinajstić information content (AvgIpc) is 3.73. The summed E-state index contributed by atoms with van der Waals surface area (Å²) >= 11 is 1.86. The van der Waals surface area contributed by atoms with E-state index in [1.54, 1.807) is 0 Å². The lowest BCUT2D eigenvalue weighted by Crippen LogP contribution is -2.15. The van der Waals surface area contributed by atoms with E-state index < -0.39 is 0 Å². The topological polar surface area (TPSA) is 16.4 Å². The summed E-state index contributed by atoms with van der Waals surface area (Å²) in [7, 11) is 0. The Kier molecular flexibility index (Phi) is 5.25. The van der Waals surface area contributed by atoms with Crippen molar-refractivity contribution in [2.75, 3.05) is 4.90 Å². The maximum atomic E-state index is 6.40. The molecule has 46 heavy (non-hydrogen) atoms. The van der Waals surface area contributed by atoms with Gasteiger partial charge in [0, 0.05) is 58.8 Å². The largest absolute Gasteiger partial charge is 0.455 e. The SMILES string of the molecule is CC1(C)c2ccccc2-c2cc(N(c3ccc4c(ccc5c6ccccc6oc45)c3)c3ccc4c(c3)sc3ccccc34)ccc21. The van der Waals surface area contributed by atoms with E-state index in [4.69, 9.17) is 4.42 Å². The van der Waals surface area contributed by atoms with E-state index in [1.165, 1.54) is 42.4 Å². The molecule has 0 saturated carbocycles. The summed E-state index contributed by atoms with van der Waals surface area (Å²) in [6, 6.07) is 51.1. The van der Waals surface area contributed by atoms with Gasteiger partial charge in [0.2, 0.25) is 0 Å². The number of benzene rings is 7. The molecule has 0 spiro atoms. The van der Waals surface area contributed by atoms with Crippen LogP contribution in [-0.2, 0) is 5.41 Å². The molecule has 9 aromatic rings. The number of para-hydroxylation sites is 1. The van der Waals surface area contributed by atoms with Crippen molar-refractivity contribution in [3.05, 3.63) is 151 Å². The van der Waals surface area contributed by atoms with Crippen molar-refractivity contribution >= 4 is 81.3 Å². The minimum atomic E-state index is -0.0355. The van der Waals surface area contributed by atoms with Gasteiger partial charge in [-0.1, -0.05) is 92.7 Å². The number of rotatable bonds is 3. The Hall–Kier alpha value is -5.38. The van der Waals surface area contributed by atoms with Gasteiger partial charge in [0.15, 0.2) is 0 Å². The van der Waals surface area contributed by atoms with E-state index in [9.17, 15) is 0 Å².